The minimum Gasteiger partial charge on any atom is -0.453 e. The molecule has 0 aromatic heterocycles. The average molecular weight is 302 g/mol. The summed E-state index contributed by atoms with van der Waals surface area (Å²) in [4.78, 5) is 23.5. The summed E-state index contributed by atoms with van der Waals surface area (Å²) in [5.74, 6) is -0.983. The van der Waals surface area contributed by atoms with Crippen LogP contribution in [0.25, 0.3) is 0 Å². The van der Waals surface area contributed by atoms with Crippen molar-refractivity contribution in [1.29, 1.82) is 0 Å². The van der Waals surface area contributed by atoms with Crippen molar-refractivity contribution < 1.29 is 23.8 Å². The number of hydrogen-bond donors (Lipinski definition) is 0. The van der Waals surface area contributed by atoms with Crippen molar-refractivity contribution in [2.24, 2.45) is 10.8 Å². The van der Waals surface area contributed by atoms with E-state index in [4.69, 9.17) is 14.2 Å². The largest absolute Gasteiger partial charge is 0.453 e. The number of carbonyl (C=O) groups is 2. The molecule has 0 radical (unpaired) electrons. The Morgan fingerprint density at radius 2 is 1.62 bits per heavy atom. The first kappa shape index (κ1) is 19.9. The van der Waals surface area contributed by atoms with Gasteiger partial charge in [-0.3, -0.25) is 4.79 Å². The molecule has 1 unspecified atom stereocenters. The van der Waals surface area contributed by atoms with Crippen LogP contribution in [0.5, 0.6) is 0 Å². The van der Waals surface area contributed by atoms with Crippen LogP contribution in [-0.4, -0.2) is 31.4 Å². The highest BCUT2D eigenvalue weighted by molar-refractivity contribution is 5.79. The zero-order valence-corrected chi connectivity index (χ0v) is 14.4. The summed E-state index contributed by atoms with van der Waals surface area (Å²) in [6.45, 7) is 13.5. The van der Waals surface area contributed by atoms with Gasteiger partial charge in [0, 0.05) is 13.0 Å². The SMILES string of the molecule is CCOC(CC(C)(C)C)OC(=O)COC(=O)C(C)(C)CC. The Balaban J connectivity index is 4.36. The van der Waals surface area contributed by atoms with Crippen molar-refractivity contribution in [3.8, 4) is 0 Å². The molecule has 0 aliphatic heterocycles. The lowest BCUT2D eigenvalue weighted by molar-refractivity contribution is -0.191. The second kappa shape index (κ2) is 8.37. The van der Waals surface area contributed by atoms with E-state index in [1.165, 1.54) is 0 Å². The smallest absolute Gasteiger partial charge is 0.346 e. The third-order valence-electron chi connectivity index (χ3n) is 3.15. The Labute approximate surface area is 128 Å². The molecule has 0 heterocycles. The molecule has 0 aliphatic rings. The van der Waals surface area contributed by atoms with Crippen molar-refractivity contribution >= 4 is 11.9 Å². The molecule has 5 heteroatoms. The van der Waals surface area contributed by atoms with Crippen molar-refractivity contribution in [3.05, 3.63) is 0 Å². The van der Waals surface area contributed by atoms with Gasteiger partial charge in [0.05, 0.1) is 5.41 Å². The number of hydrogen-bond acceptors (Lipinski definition) is 5. The van der Waals surface area contributed by atoms with Crippen LogP contribution in [-0.2, 0) is 23.8 Å². The fourth-order valence-electron chi connectivity index (χ4n) is 1.47. The standard InChI is InChI=1S/C16H30O5/c1-8-16(6,7)14(18)20-11-12(17)21-13(19-9-2)10-15(3,4)5/h13H,8-11H2,1-7H3. The van der Waals surface area contributed by atoms with Crippen molar-refractivity contribution in [2.45, 2.75) is 67.6 Å². The topological polar surface area (TPSA) is 61.8 Å². The zero-order chi connectivity index (χ0) is 16.7. The molecular formula is C16H30O5. The van der Waals surface area contributed by atoms with Gasteiger partial charge in [-0.15, -0.1) is 0 Å². The summed E-state index contributed by atoms with van der Waals surface area (Å²) >= 11 is 0. The quantitative estimate of drug-likeness (QED) is 0.508. The molecule has 0 bridgehead atoms. The first-order valence-corrected chi connectivity index (χ1v) is 7.50. The highest BCUT2D eigenvalue weighted by atomic mass is 16.7. The van der Waals surface area contributed by atoms with E-state index in [0.717, 1.165) is 0 Å². The van der Waals surface area contributed by atoms with Gasteiger partial charge >= 0.3 is 11.9 Å². The van der Waals surface area contributed by atoms with Crippen molar-refractivity contribution in [3.63, 3.8) is 0 Å². The molecule has 5 nitrogen and oxygen atoms in total. The molecule has 0 aromatic carbocycles. The lowest BCUT2D eigenvalue weighted by Gasteiger charge is -2.26. The summed E-state index contributed by atoms with van der Waals surface area (Å²) in [5, 5.41) is 0. The van der Waals surface area contributed by atoms with Crippen LogP contribution in [0.4, 0.5) is 0 Å². The van der Waals surface area contributed by atoms with Gasteiger partial charge < -0.3 is 14.2 Å². The number of carbonyl (C=O) groups excluding carboxylic acids is 2. The molecule has 0 N–H and O–H groups in total. The predicted octanol–water partition coefficient (Wildman–Crippen LogP) is 3.31. The van der Waals surface area contributed by atoms with Gasteiger partial charge in [-0.1, -0.05) is 27.7 Å². The molecule has 0 amide bonds. The van der Waals surface area contributed by atoms with E-state index < -0.39 is 23.6 Å². The van der Waals surface area contributed by atoms with E-state index >= 15 is 0 Å². The minimum absolute atomic E-state index is 0.0268. The molecule has 1 atom stereocenters. The molecule has 0 fully saturated rings. The number of rotatable bonds is 8. The number of esters is 2. The van der Waals surface area contributed by atoms with Crippen molar-refractivity contribution in [2.75, 3.05) is 13.2 Å². The van der Waals surface area contributed by atoms with Gasteiger partial charge in [0.15, 0.2) is 6.61 Å². The Hall–Kier alpha value is -1.10. The first-order chi connectivity index (χ1) is 9.51. The Morgan fingerprint density at radius 1 is 1.05 bits per heavy atom. The van der Waals surface area contributed by atoms with Gasteiger partial charge in [-0.2, -0.15) is 0 Å². The van der Waals surface area contributed by atoms with E-state index in [9.17, 15) is 9.59 Å². The summed E-state index contributed by atoms with van der Waals surface area (Å²) < 4.78 is 15.6. The van der Waals surface area contributed by atoms with Gasteiger partial charge in [0.1, 0.15) is 0 Å². The maximum Gasteiger partial charge on any atom is 0.346 e. The number of ether oxygens (including phenoxy) is 3. The zero-order valence-electron chi connectivity index (χ0n) is 14.4. The lowest BCUT2D eigenvalue weighted by Crippen LogP contribution is -2.31. The molecule has 0 saturated carbocycles. The lowest BCUT2D eigenvalue weighted by atomic mass is 9.91. The fourth-order valence-corrected chi connectivity index (χ4v) is 1.47. The van der Waals surface area contributed by atoms with Gasteiger partial charge in [-0.25, -0.2) is 4.79 Å². The summed E-state index contributed by atoms with van der Waals surface area (Å²) in [6.07, 6.45) is 0.619. The summed E-state index contributed by atoms with van der Waals surface area (Å²) in [5.41, 5.74) is -0.619. The molecule has 0 rings (SSSR count). The van der Waals surface area contributed by atoms with E-state index in [-0.39, 0.29) is 12.0 Å². The van der Waals surface area contributed by atoms with E-state index in [1.807, 2.05) is 34.6 Å². The monoisotopic (exact) mass is 302 g/mol. The molecule has 0 saturated heterocycles. The fraction of sp³-hybridized carbons (Fsp3) is 0.875. The summed E-state index contributed by atoms with van der Waals surface area (Å²) in [6, 6.07) is 0. The molecule has 0 aliphatic carbocycles. The second-order valence-corrected chi connectivity index (χ2v) is 6.95. The minimum atomic E-state index is -0.611. The Morgan fingerprint density at radius 3 is 2.05 bits per heavy atom. The maximum atomic E-state index is 11.8. The molecule has 21 heavy (non-hydrogen) atoms. The van der Waals surface area contributed by atoms with E-state index in [1.54, 1.807) is 13.8 Å². The van der Waals surface area contributed by atoms with Crippen LogP contribution in [0, 0.1) is 10.8 Å². The first-order valence-electron chi connectivity index (χ1n) is 7.50. The second-order valence-electron chi connectivity index (χ2n) is 6.95. The molecule has 124 valence electrons. The highest BCUT2D eigenvalue weighted by Gasteiger charge is 2.28. The van der Waals surface area contributed by atoms with Crippen LogP contribution in [0.2, 0.25) is 0 Å². The van der Waals surface area contributed by atoms with E-state index in [0.29, 0.717) is 19.4 Å². The van der Waals surface area contributed by atoms with Gasteiger partial charge in [-0.05, 0) is 32.6 Å². The summed E-state index contributed by atoms with van der Waals surface area (Å²) in [7, 11) is 0. The van der Waals surface area contributed by atoms with Crippen LogP contribution >= 0.6 is 0 Å². The average Bonchev–Trinajstić information content (AvgIpc) is 2.34. The maximum absolute atomic E-state index is 11.8. The van der Waals surface area contributed by atoms with E-state index in [2.05, 4.69) is 0 Å². The molecule has 0 spiro atoms. The predicted molar refractivity (Wildman–Crippen MR) is 80.6 cm³/mol. The third kappa shape index (κ3) is 8.71. The van der Waals surface area contributed by atoms with Crippen LogP contribution in [0.3, 0.4) is 0 Å². The van der Waals surface area contributed by atoms with Crippen LogP contribution in [0.15, 0.2) is 0 Å². The third-order valence-corrected chi connectivity index (χ3v) is 3.15. The Bertz CT molecular complexity index is 341. The molecular weight excluding hydrogens is 272 g/mol. The van der Waals surface area contributed by atoms with Crippen LogP contribution < -0.4 is 0 Å². The van der Waals surface area contributed by atoms with Gasteiger partial charge in [0.2, 0.25) is 6.29 Å². The molecule has 0 aromatic rings. The van der Waals surface area contributed by atoms with Crippen molar-refractivity contribution in [1.82, 2.24) is 0 Å². The normalized spacial score (nSPS) is 13.7. The van der Waals surface area contributed by atoms with Gasteiger partial charge in [0.25, 0.3) is 0 Å². The highest BCUT2D eigenvalue weighted by Crippen LogP contribution is 2.24. The van der Waals surface area contributed by atoms with Crippen LogP contribution in [0.1, 0.15) is 61.3 Å². The Kier molecular flexibility index (Phi) is 7.93.